The lowest BCUT2D eigenvalue weighted by Crippen LogP contribution is -2.52. The van der Waals surface area contributed by atoms with Gasteiger partial charge in [0.15, 0.2) is 0 Å². The number of aromatic nitrogens is 6. The monoisotopic (exact) mass is 607 g/mol. The second-order valence-electron chi connectivity index (χ2n) is 13.3. The molecule has 1 unspecified atom stereocenters. The van der Waals surface area contributed by atoms with Crippen LogP contribution >= 0.6 is 0 Å². The molecule has 0 bridgehead atoms. The van der Waals surface area contributed by atoms with Crippen LogP contribution < -0.4 is 15.4 Å². The first-order valence-electron chi connectivity index (χ1n) is 15.6. The molecule has 0 N–H and O–H groups in total. The second kappa shape index (κ2) is 12.2. The zero-order valence-corrected chi connectivity index (χ0v) is 26.0. The molecule has 1 aliphatic carbocycles. The van der Waals surface area contributed by atoms with Gasteiger partial charge in [-0.05, 0) is 71.8 Å². The number of anilines is 2. The van der Waals surface area contributed by atoms with Crippen LogP contribution in [0.5, 0.6) is 0 Å². The molecular weight excluding hydrogens is 565 g/mol. The highest BCUT2D eigenvalue weighted by atomic mass is 19.1. The van der Waals surface area contributed by atoms with Gasteiger partial charge in [0, 0.05) is 44.1 Å². The molecule has 3 aliphatic rings. The minimum atomic E-state index is -0.859. The fourth-order valence-corrected chi connectivity index (χ4v) is 5.96. The Morgan fingerprint density at radius 3 is 2.64 bits per heavy atom. The molecule has 0 spiro atoms. The quantitative estimate of drug-likeness (QED) is 0.373. The van der Waals surface area contributed by atoms with Crippen LogP contribution in [-0.2, 0) is 4.74 Å². The van der Waals surface area contributed by atoms with Crippen molar-refractivity contribution >= 4 is 17.6 Å². The SMILES string of the molecule is CC(n1cc(-c2cncc(N3CC[C@@H](F)C3)n2)nn1)n1ccc(N2CCC[C@@H](N(CC3CC3)C(=O)OC(C)(C)C)C2)cc1=O. The summed E-state index contributed by atoms with van der Waals surface area (Å²) in [6.45, 7) is 10.7. The Morgan fingerprint density at radius 2 is 1.93 bits per heavy atom. The first-order chi connectivity index (χ1) is 21.0. The van der Waals surface area contributed by atoms with Gasteiger partial charge in [0.05, 0.1) is 31.2 Å². The first kappa shape index (κ1) is 30.0. The zero-order valence-electron chi connectivity index (χ0n) is 26.0. The van der Waals surface area contributed by atoms with Gasteiger partial charge in [0.1, 0.15) is 35.1 Å². The molecule has 3 atom stereocenters. The second-order valence-corrected chi connectivity index (χ2v) is 13.3. The maximum Gasteiger partial charge on any atom is 0.410 e. The zero-order chi connectivity index (χ0) is 31.0. The Balaban J connectivity index is 1.15. The van der Waals surface area contributed by atoms with Crippen molar-refractivity contribution in [2.45, 2.75) is 83.8 Å². The summed E-state index contributed by atoms with van der Waals surface area (Å²) >= 11 is 0. The number of carbonyl (C=O) groups is 1. The number of piperidine rings is 1. The Morgan fingerprint density at radius 1 is 1.11 bits per heavy atom. The van der Waals surface area contributed by atoms with Crippen molar-refractivity contribution in [2.75, 3.05) is 42.5 Å². The number of halogens is 1. The van der Waals surface area contributed by atoms with Gasteiger partial charge < -0.3 is 19.4 Å². The normalized spacial score (nSPS) is 21.4. The highest BCUT2D eigenvalue weighted by molar-refractivity contribution is 5.69. The molecule has 2 saturated heterocycles. The number of amides is 1. The summed E-state index contributed by atoms with van der Waals surface area (Å²) in [6, 6.07) is 3.62. The molecule has 0 aromatic carbocycles. The predicted octanol–water partition coefficient (Wildman–Crippen LogP) is 4.13. The lowest BCUT2D eigenvalue weighted by Gasteiger charge is -2.40. The largest absolute Gasteiger partial charge is 0.444 e. The van der Waals surface area contributed by atoms with Crippen LogP contribution in [0.15, 0.2) is 41.7 Å². The van der Waals surface area contributed by atoms with Crippen molar-refractivity contribution in [1.29, 1.82) is 0 Å². The van der Waals surface area contributed by atoms with Gasteiger partial charge in [0.25, 0.3) is 5.56 Å². The number of hydrogen-bond donors (Lipinski definition) is 0. The lowest BCUT2D eigenvalue weighted by molar-refractivity contribution is 0.0134. The number of alkyl halides is 1. The molecule has 1 amide bonds. The van der Waals surface area contributed by atoms with Crippen LogP contribution in [0.25, 0.3) is 11.4 Å². The number of hydrogen-bond acceptors (Lipinski definition) is 9. The van der Waals surface area contributed by atoms with Crippen LogP contribution in [-0.4, -0.2) is 91.1 Å². The summed E-state index contributed by atoms with van der Waals surface area (Å²) in [7, 11) is 0. The van der Waals surface area contributed by atoms with Crippen LogP contribution in [0.4, 0.5) is 20.7 Å². The summed E-state index contributed by atoms with van der Waals surface area (Å²) < 4.78 is 22.7. The molecule has 6 rings (SSSR count). The van der Waals surface area contributed by atoms with Crippen LogP contribution in [0, 0.1) is 5.92 Å². The van der Waals surface area contributed by atoms with Gasteiger partial charge >= 0.3 is 6.09 Å². The average Bonchev–Trinajstić information content (AvgIpc) is 3.48. The van der Waals surface area contributed by atoms with E-state index in [0.29, 0.717) is 49.2 Å². The Hall–Kier alpha value is -4.03. The van der Waals surface area contributed by atoms with E-state index in [1.807, 2.05) is 43.6 Å². The standard InChI is InChI=1S/C31H42FN9O3/c1-21(41-20-27(35-36-41)26-15-33-16-28(34-26)38-12-9-23(32)18-38)39-13-10-24(14-29(39)42)37-11-5-6-25(19-37)40(17-22-7-8-22)30(43)44-31(2,3)4/h10,13-16,20-23,25H,5-9,11-12,17-19H2,1-4H3/t21?,23-,25-/m1/s1. The van der Waals surface area contributed by atoms with E-state index in [-0.39, 0.29) is 17.7 Å². The van der Waals surface area contributed by atoms with E-state index in [1.54, 1.807) is 40.1 Å². The highest BCUT2D eigenvalue weighted by Gasteiger charge is 2.36. The van der Waals surface area contributed by atoms with Gasteiger partial charge in [-0.1, -0.05) is 5.21 Å². The highest BCUT2D eigenvalue weighted by Crippen LogP contribution is 2.33. The van der Waals surface area contributed by atoms with Gasteiger partial charge in [-0.25, -0.2) is 18.9 Å². The van der Waals surface area contributed by atoms with E-state index in [0.717, 1.165) is 44.5 Å². The molecule has 236 valence electrons. The topological polar surface area (TPSA) is 115 Å². The minimum Gasteiger partial charge on any atom is -0.444 e. The lowest BCUT2D eigenvalue weighted by atomic mass is 10.0. The average molecular weight is 608 g/mol. The maximum atomic E-state index is 13.7. The van der Waals surface area contributed by atoms with Crippen molar-refractivity contribution in [3.8, 4) is 11.4 Å². The van der Waals surface area contributed by atoms with E-state index in [4.69, 9.17) is 4.74 Å². The van der Waals surface area contributed by atoms with Crippen molar-refractivity contribution < 1.29 is 13.9 Å². The van der Waals surface area contributed by atoms with Crippen LogP contribution in [0.3, 0.4) is 0 Å². The molecule has 3 fully saturated rings. The molecule has 44 heavy (non-hydrogen) atoms. The van der Waals surface area contributed by atoms with Gasteiger partial charge in [-0.15, -0.1) is 5.10 Å². The van der Waals surface area contributed by atoms with Crippen LogP contribution in [0.1, 0.15) is 66.0 Å². The van der Waals surface area contributed by atoms with Crippen molar-refractivity contribution in [3.63, 3.8) is 0 Å². The minimum absolute atomic E-state index is 0.0274. The van der Waals surface area contributed by atoms with E-state index in [2.05, 4.69) is 25.2 Å². The van der Waals surface area contributed by atoms with Crippen LogP contribution in [0.2, 0.25) is 0 Å². The summed E-state index contributed by atoms with van der Waals surface area (Å²) in [4.78, 5) is 41.4. The summed E-state index contributed by atoms with van der Waals surface area (Å²) in [5.74, 6) is 1.16. The van der Waals surface area contributed by atoms with Crippen molar-refractivity contribution in [1.82, 2.24) is 34.4 Å². The molecule has 12 nitrogen and oxygen atoms in total. The Kier molecular flexibility index (Phi) is 8.30. The number of rotatable bonds is 8. The first-order valence-corrected chi connectivity index (χ1v) is 15.6. The fraction of sp³-hybridized carbons (Fsp3) is 0.613. The Bertz CT molecular complexity index is 1530. The van der Waals surface area contributed by atoms with E-state index >= 15 is 0 Å². The molecule has 2 aliphatic heterocycles. The molecular formula is C31H42FN9O3. The predicted molar refractivity (Wildman–Crippen MR) is 164 cm³/mol. The fourth-order valence-electron chi connectivity index (χ4n) is 5.96. The van der Waals surface area contributed by atoms with Gasteiger partial charge in [-0.3, -0.25) is 14.3 Å². The third-order valence-electron chi connectivity index (χ3n) is 8.55. The number of ether oxygens (including phenoxy) is 1. The van der Waals surface area contributed by atoms with Gasteiger partial charge in [0.2, 0.25) is 0 Å². The number of pyridine rings is 1. The Labute approximate surface area is 256 Å². The maximum absolute atomic E-state index is 13.7. The van der Waals surface area contributed by atoms with E-state index in [9.17, 15) is 14.0 Å². The summed E-state index contributed by atoms with van der Waals surface area (Å²) in [5.41, 5.74) is 1.18. The third-order valence-corrected chi connectivity index (χ3v) is 8.55. The number of carbonyl (C=O) groups excluding carboxylic acids is 1. The summed E-state index contributed by atoms with van der Waals surface area (Å²) in [5, 5.41) is 8.54. The van der Waals surface area contributed by atoms with E-state index < -0.39 is 17.9 Å². The molecule has 13 heteroatoms. The van der Waals surface area contributed by atoms with Crippen molar-refractivity contribution in [3.05, 3.63) is 47.3 Å². The van der Waals surface area contributed by atoms with E-state index in [1.165, 1.54) is 0 Å². The molecule has 1 saturated carbocycles. The summed E-state index contributed by atoms with van der Waals surface area (Å²) in [6.07, 6.45) is 9.82. The third kappa shape index (κ3) is 6.86. The molecule has 3 aromatic rings. The van der Waals surface area contributed by atoms with Crippen molar-refractivity contribution in [2.24, 2.45) is 5.92 Å². The number of nitrogens with zero attached hydrogens (tertiary/aromatic N) is 9. The smallest absolute Gasteiger partial charge is 0.410 e. The molecule has 5 heterocycles. The molecule has 3 aromatic heterocycles. The van der Waals surface area contributed by atoms with Gasteiger partial charge in [-0.2, -0.15) is 0 Å². The molecule has 0 radical (unpaired) electrons.